The number of nitrogen functional groups attached to an aromatic ring is 1. The van der Waals surface area contributed by atoms with Crippen molar-refractivity contribution in [3.8, 4) is 11.8 Å². The molecule has 1 aromatic carbocycles. The molecule has 2 fully saturated rings. The number of anilines is 1. The zero-order chi connectivity index (χ0) is 22.6. The number of likely N-dealkylation sites (tertiary alicyclic amines) is 2. The quantitative estimate of drug-likeness (QED) is 0.763. The Balaban J connectivity index is 1.24. The Morgan fingerprint density at radius 1 is 1.16 bits per heavy atom. The maximum Gasteiger partial charge on any atom is 0.260 e. The van der Waals surface area contributed by atoms with Gasteiger partial charge in [-0.2, -0.15) is 5.26 Å². The minimum atomic E-state index is -1.81. The zero-order valence-electron chi connectivity index (χ0n) is 17.9. The molecule has 1 aromatic heterocycles. The third-order valence-electron chi connectivity index (χ3n) is 6.18. The molecule has 3 heterocycles. The lowest BCUT2D eigenvalue weighted by Crippen LogP contribution is -2.54. The van der Waals surface area contributed by atoms with Crippen molar-refractivity contribution in [3.05, 3.63) is 47.8 Å². The molecule has 168 valence electrons. The van der Waals surface area contributed by atoms with Crippen LogP contribution in [0.3, 0.4) is 0 Å². The van der Waals surface area contributed by atoms with Crippen LogP contribution in [-0.4, -0.2) is 63.6 Å². The molecule has 1 amide bonds. The second kappa shape index (κ2) is 9.49. The van der Waals surface area contributed by atoms with Gasteiger partial charge < -0.3 is 15.4 Å². The Morgan fingerprint density at radius 3 is 2.38 bits per heavy atom. The van der Waals surface area contributed by atoms with Crippen LogP contribution in [0.1, 0.15) is 36.8 Å². The molecule has 9 heteroatoms. The summed E-state index contributed by atoms with van der Waals surface area (Å²) in [6.07, 6.45) is 5.01. The molecular formula is C23H27FN6O2. The van der Waals surface area contributed by atoms with E-state index < -0.39 is 11.6 Å². The Hall–Kier alpha value is -3.25. The fraction of sp³-hybridized carbons (Fsp3) is 0.478. The standard InChI is InChI=1S/C23H27FN6O2/c24-23(7-11-29(12-8-23)16-18-14-27-22(26)28-15-18)21(31)30-9-5-20(6-10-30)32-19-3-1-17(13-25)2-4-19/h1-4,14-15,20H,5-12,16H2,(H2,26,27,28). The molecule has 2 aliphatic rings. The van der Waals surface area contributed by atoms with Gasteiger partial charge >= 0.3 is 0 Å². The van der Waals surface area contributed by atoms with Gasteiger partial charge in [-0.05, 0) is 24.3 Å². The largest absolute Gasteiger partial charge is 0.490 e. The van der Waals surface area contributed by atoms with Crippen molar-refractivity contribution in [3.63, 3.8) is 0 Å². The number of carbonyl (C=O) groups is 1. The molecule has 2 aromatic rings. The van der Waals surface area contributed by atoms with Crippen molar-refractivity contribution in [1.82, 2.24) is 19.8 Å². The molecule has 8 nitrogen and oxygen atoms in total. The van der Waals surface area contributed by atoms with E-state index in [1.165, 1.54) is 0 Å². The maximum atomic E-state index is 15.5. The maximum absolute atomic E-state index is 15.5. The van der Waals surface area contributed by atoms with E-state index in [-0.39, 0.29) is 24.9 Å². The fourth-order valence-corrected chi connectivity index (χ4v) is 4.24. The van der Waals surface area contributed by atoms with Gasteiger partial charge in [-0.1, -0.05) is 0 Å². The number of ether oxygens (including phenoxy) is 1. The van der Waals surface area contributed by atoms with Crippen LogP contribution in [0.25, 0.3) is 0 Å². The molecule has 0 spiro atoms. The van der Waals surface area contributed by atoms with Crippen molar-refractivity contribution in [2.75, 3.05) is 31.9 Å². The number of amides is 1. The summed E-state index contributed by atoms with van der Waals surface area (Å²) < 4.78 is 21.5. The van der Waals surface area contributed by atoms with Gasteiger partial charge in [0, 0.05) is 76.4 Å². The Morgan fingerprint density at radius 2 is 1.78 bits per heavy atom. The number of halogens is 1. The van der Waals surface area contributed by atoms with Gasteiger partial charge in [-0.15, -0.1) is 0 Å². The number of aromatic nitrogens is 2. The van der Waals surface area contributed by atoms with E-state index in [9.17, 15) is 4.79 Å². The molecule has 0 unspecified atom stereocenters. The van der Waals surface area contributed by atoms with Crippen LogP contribution in [0.5, 0.6) is 5.75 Å². The zero-order valence-corrected chi connectivity index (χ0v) is 17.9. The number of nitrogens with two attached hydrogens (primary N) is 1. The number of nitrogens with zero attached hydrogens (tertiary/aromatic N) is 5. The van der Waals surface area contributed by atoms with E-state index >= 15 is 4.39 Å². The van der Waals surface area contributed by atoms with Crippen molar-refractivity contribution in [1.29, 1.82) is 5.26 Å². The van der Waals surface area contributed by atoms with Gasteiger partial charge in [0.1, 0.15) is 11.9 Å². The van der Waals surface area contributed by atoms with Gasteiger partial charge in [0.25, 0.3) is 5.91 Å². The molecule has 0 saturated carbocycles. The van der Waals surface area contributed by atoms with E-state index in [0.29, 0.717) is 56.9 Å². The van der Waals surface area contributed by atoms with Crippen LogP contribution < -0.4 is 10.5 Å². The van der Waals surface area contributed by atoms with E-state index in [1.807, 2.05) is 0 Å². The highest BCUT2D eigenvalue weighted by molar-refractivity contribution is 5.85. The van der Waals surface area contributed by atoms with Gasteiger partial charge in [-0.25, -0.2) is 14.4 Å². The smallest absolute Gasteiger partial charge is 0.260 e. The van der Waals surface area contributed by atoms with Crippen molar-refractivity contribution in [2.24, 2.45) is 0 Å². The number of hydrogen-bond donors (Lipinski definition) is 1. The van der Waals surface area contributed by atoms with E-state index in [2.05, 4.69) is 20.9 Å². The van der Waals surface area contributed by atoms with Gasteiger partial charge in [0.2, 0.25) is 5.95 Å². The van der Waals surface area contributed by atoms with Gasteiger partial charge in [0.05, 0.1) is 11.6 Å². The average molecular weight is 439 g/mol. The summed E-state index contributed by atoms with van der Waals surface area (Å²) in [5, 5.41) is 8.88. The first-order valence-corrected chi connectivity index (χ1v) is 10.9. The first kappa shape index (κ1) is 22.0. The van der Waals surface area contributed by atoms with Crippen LogP contribution in [-0.2, 0) is 11.3 Å². The van der Waals surface area contributed by atoms with Crippen molar-refractivity contribution < 1.29 is 13.9 Å². The van der Waals surface area contributed by atoms with Crippen molar-refractivity contribution >= 4 is 11.9 Å². The van der Waals surface area contributed by atoms with E-state index in [4.69, 9.17) is 15.7 Å². The summed E-state index contributed by atoms with van der Waals surface area (Å²) in [5.41, 5.74) is 5.20. The van der Waals surface area contributed by atoms with Crippen molar-refractivity contribution in [2.45, 2.75) is 44.0 Å². The first-order chi connectivity index (χ1) is 15.4. The number of alkyl halides is 1. The number of benzene rings is 1. The molecule has 4 rings (SSSR count). The lowest BCUT2D eigenvalue weighted by atomic mass is 9.90. The second-order valence-electron chi connectivity index (χ2n) is 8.44. The predicted molar refractivity (Wildman–Crippen MR) is 116 cm³/mol. The monoisotopic (exact) mass is 438 g/mol. The highest BCUT2D eigenvalue weighted by Gasteiger charge is 2.44. The molecule has 0 atom stereocenters. The minimum absolute atomic E-state index is 0.0217. The number of nitriles is 1. The molecule has 32 heavy (non-hydrogen) atoms. The van der Waals surface area contributed by atoms with Crippen LogP contribution in [0.15, 0.2) is 36.7 Å². The van der Waals surface area contributed by atoms with E-state index in [1.54, 1.807) is 41.6 Å². The SMILES string of the molecule is N#Cc1ccc(OC2CCN(C(=O)C3(F)CCN(Cc4cnc(N)nc4)CC3)CC2)cc1. The Labute approximate surface area is 186 Å². The number of piperidine rings is 2. The highest BCUT2D eigenvalue weighted by Crippen LogP contribution is 2.31. The average Bonchev–Trinajstić information content (AvgIpc) is 2.83. The molecule has 0 aliphatic carbocycles. The summed E-state index contributed by atoms with van der Waals surface area (Å²) in [6, 6.07) is 9.06. The normalized spacial score (nSPS) is 19.3. The number of carbonyl (C=O) groups excluding carboxylic acids is 1. The molecule has 2 N–H and O–H groups in total. The molecular weight excluding hydrogens is 411 g/mol. The lowest BCUT2D eigenvalue weighted by Gasteiger charge is -2.40. The third-order valence-corrected chi connectivity index (χ3v) is 6.18. The van der Waals surface area contributed by atoms with Crippen LogP contribution in [0.2, 0.25) is 0 Å². The Bertz CT molecular complexity index is 959. The summed E-state index contributed by atoms with van der Waals surface area (Å²) in [6.45, 7) is 2.59. The second-order valence-corrected chi connectivity index (χ2v) is 8.44. The predicted octanol–water partition coefficient (Wildman–Crippen LogP) is 2.30. The molecule has 2 aliphatic heterocycles. The molecule has 0 radical (unpaired) electrons. The summed E-state index contributed by atoms with van der Waals surface area (Å²) in [7, 11) is 0. The number of rotatable bonds is 5. The van der Waals surface area contributed by atoms with E-state index in [0.717, 1.165) is 5.56 Å². The summed E-state index contributed by atoms with van der Waals surface area (Å²) in [4.78, 5) is 24.7. The first-order valence-electron chi connectivity index (χ1n) is 10.9. The molecule has 2 saturated heterocycles. The van der Waals surface area contributed by atoms with Crippen LogP contribution in [0.4, 0.5) is 10.3 Å². The summed E-state index contributed by atoms with van der Waals surface area (Å²) >= 11 is 0. The summed E-state index contributed by atoms with van der Waals surface area (Å²) in [5.74, 6) is 0.534. The third kappa shape index (κ3) is 5.14. The van der Waals surface area contributed by atoms with Gasteiger partial charge in [0.15, 0.2) is 5.67 Å². The molecule has 0 bridgehead atoms. The lowest BCUT2D eigenvalue weighted by molar-refractivity contribution is -0.149. The highest BCUT2D eigenvalue weighted by atomic mass is 19.1. The number of hydrogen-bond acceptors (Lipinski definition) is 7. The van der Waals surface area contributed by atoms with Crippen LogP contribution in [0, 0.1) is 11.3 Å². The fourth-order valence-electron chi connectivity index (χ4n) is 4.24. The Kier molecular flexibility index (Phi) is 6.51. The van der Waals surface area contributed by atoms with Gasteiger partial charge in [-0.3, -0.25) is 9.69 Å². The van der Waals surface area contributed by atoms with Crippen LogP contribution >= 0.6 is 0 Å². The topological polar surface area (TPSA) is 108 Å². The minimum Gasteiger partial charge on any atom is -0.490 e.